The van der Waals surface area contributed by atoms with Gasteiger partial charge in [0.1, 0.15) is 10.8 Å². The third kappa shape index (κ3) is 1.73. The van der Waals surface area contributed by atoms with Gasteiger partial charge in [-0.3, -0.25) is 4.99 Å². The van der Waals surface area contributed by atoms with Crippen LogP contribution in [0.2, 0.25) is 0 Å². The molecule has 0 bridgehead atoms. The van der Waals surface area contributed by atoms with Gasteiger partial charge >= 0.3 is 5.97 Å². The Kier molecular flexibility index (Phi) is 2.95. The molecule has 7 heteroatoms. The Hall–Kier alpha value is -1.73. The van der Waals surface area contributed by atoms with E-state index in [0.29, 0.717) is 0 Å². The maximum atomic E-state index is 11.1. The first kappa shape index (κ1) is 11.7. The quantitative estimate of drug-likeness (QED) is 0.814. The van der Waals surface area contributed by atoms with E-state index < -0.39 is 17.6 Å². The first-order chi connectivity index (χ1) is 8.10. The fourth-order valence-electron chi connectivity index (χ4n) is 1.67. The molecule has 0 radical (unpaired) electrons. The van der Waals surface area contributed by atoms with E-state index in [1.807, 2.05) is 0 Å². The molecule has 1 aliphatic heterocycles. The van der Waals surface area contributed by atoms with Gasteiger partial charge in [-0.1, -0.05) is 0 Å². The lowest BCUT2D eigenvalue weighted by Crippen LogP contribution is -2.47. The molecule has 0 amide bonds. The van der Waals surface area contributed by atoms with Crippen LogP contribution >= 0.6 is 11.3 Å². The van der Waals surface area contributed by atoms with Gasteiger partial charge in [0.2, 0.25) is 5.60 Å². The lowest BCUT2D eigenvalue weighted by molar-refractivity contribution is -0.145. The van der Waals surface area contributed by atoms with Crippen LogP contribution in [-0.4, -0.2) is 40.5 Å². The SMILES string of the molecule is COC1=CC=NC(C(=O)O)C1(O)c1nccs1. The van der Waals surface area contributed by atoms with Crippen molar-refractivity contribution in [3.8, 4) is 0 Å². The first-order valence-corrected chi connectivity index (χ1v) is 5.61. The molecule has 0 aliphatic carbocycles. The Morgan fingerprint density at radius 2 is 2.41 bits per heavy atom. The fourth-order valence-corrected chi connectivity index (χ4v) is 2.43. The standard InChI is InChI=1S/C10H10N2O4S/c1-16-6-2-3-11-7(8(13)14)10(6,15)9-12-4-5-17-9/h2-5,7,15H,1H3,(H,13,14). The van der Waals surface area contributed by atoms with Crippen molar-refractivity contribution in [1.82, 2.24) is 4.98 Å². The number of carboxylic acids is 1. The number of dihydropyridines is 1. The summed E-state index contributed by atoms with van der Waals surface area (Å²) in [6.45, 7) is 0. The highest BCUT2D eigenvalue weighted by Gasteiger charge is 2.50. The van der Waals surface area contributed by atoms with Crippen molar-refractivity contribution in [3.05, 3.63) is 28.4 Å². The Bertz CT molecular complexity index is 483. The lowest BCUT2D eigenvalue weighted by atomic mass is 9.90. The van der Waals surface area contributed by atoms with Crippen molar-refractivity contribution in [2.24, 2.45) is 4.99 Å². The van der Waals surface area contributed by atoms with Crippen LogP contribution in [0, 0.1) is 0 Å². The van der Waals surface area contributed by atoms with E-state index in [-0.39, 0.29) is 10.8 Å². The molecule has 2 N–H and O–H groups in total. The van der Waals surface area contributed by atoms with Gasteiger partial charge < -0.3 is 14.9 Å². The molecule has 0 aromatic carbocycles. The maximum Gasteiger partial charge on any atom is 0.332 e. The highest BCUT2D eigenvalue weighted by atomic mass is 32.1. The van der Waals surface area contributed by atoms with Crippen molar-refractivity contribution in [1.29, 1.82) is 0 Å². The van der Waals surface area contributed by atoms with E-state index in [2.05, 4.69) is 9.98 Å². The smallest absolute Gasteiger partial charge is 0.332 e. The van der Waals surface area contributed by atoms with E-state index in [9.17, 15) is 9.90 Å². The molecule has 17 heavy (non-hydrogen) atoms. The van der Waals surface area contributed by atoms with Gasteiger partial charge in [0.25, 0.3) is 0 Å². The number of hydrogen-bond donors (Lipinski definition) is 2. The van der Waals surface area contributed by atoms with Crippen LogP contribution in [0.1, 0.15) is 5.01 Å². The largest absolute Gasteiger partial charge is 0.497 e. The monoisotopic (exact) mass is 254 g/mol. The number of methoxy groups -OCH3 is 1. The number of aromatic nitrogens is 1. The minimum absolute atomic E-state index is 0.120. The summed E-state index contributed by atoms with van der Waals surface area (Å²) < 4.78 is 5.03. The summed E-state index contributed by atoms with van der Waals surface area (Å²) in [5.41, 5.74) is -1.84. The highest BCUT2D eigenvalue weighted by Crippen LogP contribution is 2.37. The summed E-state index contributed by atoms with van der Waals surface area (Å²) in [5, 5.41) is 21.6. The van der Waals surface area contributed by atoms with E-state index >= 15 is 0 Å². The van der Waals surface area contributed by atoms with Gasteiger partial charge in [0, 0.05) is 17.8 Å². The number of aliphatic imine (C=N–C) groups is 1. The zero-order valence-electron chi connectivity index (χ0n) is 8.90. The second-order valence-corrected chi connectivity index (χ2v) is 4.27. The van der Waals surface area contributed by atoms with Crippen molar-refractivity contribution in [2.75, 3.05) is 7.11 Å². The number of thiazole rings is 1. The van der Waals surface area contributed by atoms with Crippen molar-refractivity contribution >= 4 is 23.5 Å². The number of aliphatic carboxylic acids is 1. The van der Waals surface area contributed by atoms with Crippen LogP contribution in [0.4, 0.5) is 0 Å². The van der Waals surface area contributed by atoms with Crippen LogP contribution in [0.15, 0.2) is 28.4 Å². The average Bonchev–Trinajstić information content (AvgIpc) is 2.82. The Balaban J connectivity index is 2.55. The van der Waals surface area contributed by atoms with Crippen molar-refractivity contribution in [3.63, 3.8) is 0 Å². The third-order valence-corrected chi connectivity index (χ3v) is 3.34. The minimum Gasteiger partial charge on any atom is -0.497 e. The molecule has 2 heterocycles. The van der Waals surface area contributed by atoms with Gasteiger partial charge in [0.15, 0.2) is 6.04 Å². The Labute approximate surface area is 101 Å². The molecule has 1 aliphatic rings. The fraction of sp³-hybridized carbons (Fsp3) is 0.300. The molecule has 0 saturated carbocycles. The van der Waals surface area contributed by atoms with Gasteiger partial charge in [-0.05, 0) is 6.08 Å². The number of hydrogen-bond acceptors (Lipinski definition) is 6. The van der Waals surface area contributed by atoms with Crippen LogP contribution in [0.5, 0.6) is 0 Å². The van der Waals surface area contributed by atoms with Crippen LogP contribution in [0.25, 0.3) is 0 Å². The zero-order chi connectivity index (χ0) is 12.5. The van der Waals surface area contributed by atoms with Gasteiger partial charge in [-0.15, -0.1) is 11.3 Å². The molecule has 2 unspecified atom stereocenters. The number of rotatable bonds is 3. The molecule has 0 fully saturated rings. The molecular formula is C10H10N2O4S. The number of carboxylic acid groups (broad SMARTS) is 1. The average molecular weight is 254 g/mol. The van der Waals surface area contributed by atoms with Gasteiger partial charge in [0.05, 0.1) is 7.11 Å². The van der Waals surface area contributed by atoms with Gasteiger partial charge in [-0.2, -0.15) is 0 Å². The molecule has 6 nitrogen and oxygen atoms in total. The number of carbonyl (C=O) groups is 1. The topological polar surface area (TPSA) is 92.0 Å². The van der Waals surface area contributed by atoms with E-state index in [0.717, 1.165) is 11.3 Å². The summed E-state index contributed by atoms with van der Waals surface area (Å²) in [4.78, 5) is 18.9. The Morgan fingerprint density at radius 1 is 1.65 bits per heavy atom. The zero-order valence-corrected chi connectivity index (χ0v) is 9.72. The van der Waals surface area contributed by atoms with Crippen molar-refractivity contribution in [2.45, 2.75) is 11.6 Å². The molecule has 90 valence electrons. The van der Waals surface area contributed by atoms with Gasteiger partial charge in [-0.25, -0.2) is 9.78 Å². The minimum atomic E-state index is -1.84. The van der Waals surface area contributed by atoms with Crippen molar-refractivity contribution < 1.29 is 19.7 Å². The molecule has 2 rings (SSSR count). The predicted octanol–water partition coefficient (Wildman–Crippen LogP) is 0.399. The third-order valence-electron chi connectivity index (χ3n) is 2.44. The number of ether oxygens (including phenoxy) is 1. The lowest BCUT2D eigenvalue weighted by Gasteiger charge is -2.32. The molecule has 2 atom stereocenters. The van der Waals surface area contributed by atoms with Crippen LogP contribution in [-0.2, 0) is 15.1 Å². The molecular weight excluding hydrogens is 244 g/mol. The summed E-state index contributed by atoms with van der Waals surface area (Å²) in [6.07, 6.45) is 4.23. The first-order valence-electron chi connectivity index (χ1n) is 4.73. The predicted molar refractivity (Wildman–Crippen MR) is 61.0 cm³/mol. The molecule has 1 aromatic rings. The van der Waals surface area contributed by atoms with E-state index in [4.69, 9.17) is 9.84 Å². The summed E-state index contributed by atoms with van der Waals surface area (Å²) in [5.74, 6) is -1.11. The number of allylic oxidation sites excluding steroid dienone is 1. The van der Waals surface area contributed by atoms with E-state index in [1.165, 1.54) is 25.6 Å². The second-order valence-electron chi connectivity index (χ2n) is 3.38. The summed E-state index contributed by atoms with van der Waals surface area (Å²) in [7, 11) is 1.36. The molecule has 0 saturated heterocycles. The Morgan fingerprint density at radius 3 is 2.94 bits per heavy atom. The number of nitrogens with zero attached hydrogens (tertiary/aromatic N) is 2. The summed E-state index contributed by atoms with van der Waals surface area (Å²) in [6, 6.07) is -1.35. The number of aliphatic hydroxyl groups is 1. The van der Waals surface area contributed by atoms with Crippen LogP contribution in [0.3, 0.4) is 0 Å². The maximum absolute atomic E-state index is 11.1. The molecule has 1 aromatic heterocycles. The normalized spacial score (nSPS) is 27.6. The van der Waals surface area contributed by atoms with Crippen LogP contribution < -0.4 is 0 Å². The molecule has 0 spiro atoms. The van der Waals surface area contributed by atoms with E-state index in [1.54, 1.807) is 5.38 Å². The summed E-state index contributed by atoms with van der Waals surface area (Å²) >= 11 is 1.15. The highest BCUT2D eigenvalue weighted by molar-refractivity contribution is 7.09. The second kappa shape index (κ2) is 4.27.